The molecule has 4 nitrogen and oxygen atoms in total. The van der Waals surface area contributed by atoms with Gasteiger partial charge in [0.05, 0.1) is 21.3 Å². The largest absolute Gasteiger partial charge is 0.504 e. The number of phenols is 1. The lowest BCUT2D eigenvalue weighted by molar-refractivity contribution is 0.354. The van der Waals surface area contributed by atoms with Crippen LogP contribution in [-0.2, 0) is 12.8 Å². The average molecular weight is 314 g/mol. The van der Waals surface area contributed by atoms with E-state index >= 15 is 0 Å². The summed E-state index contributed by atoms with van der Waals surface area (Å²) in [7, 11) is 4.81. The van der Waals surface area contributed by atoms with Crippen LogP contribution in [0.2, 0.25) is 0 Å². The molecule has 0 heterocycles. The van der Waals surface area contributed by atoms with Crippen molar-refractivity contribution in [1.82, 2.24) is 0 Å². The maximum absolute atomic E-state index is 9.58. The van der Waals surface area contributed by atoms with Gasteiger partial charge < -0.3 is 19.3 Å². The third-order valence-electron chi connectivity index (χ3n) is 3.57. The third-order valence-corrected chi connectivity index (χ3v) is 3.57. The summed E-state index contributed by atoms with van der Waals surface area (Å²) in [6.45, 7) is 0. The molecule has 0 aliphatic carbocycles. The molecule has 0 unspecified atom stereocenters. The summed E-state index contributed by atoms with van der Waals surface area (Å²) in [6.07, 6.45) is 5.81. The molecule has 2 rings (SSSR count). The van der Waals surface area contributed by atoms with E-state index < -0.39 is 0 Å². The molecule has 122 valence electrons. The number of methoxy groups -OCH3 is 3. The standard InChI is InChI=1S/C19H22O4/c1-21-17-11-9-15(13-19(17)23-3)7-5-4-6-14-8-10-16(20)18(12-14)22-2/h4-5,8-13,20H,6-7H2,1-3H3/b5-4-. The number of ether oxygens (including phenoxy) is 3. The fraction of sp³-hybridized carbons (Fsp3) is 0.263. The fourth-order valence-corrected chi connectivity index (χ4v) is 2.30. The molecular weight excluding hydrogens is 292 g/mol. The maximum atomic E-state index is 9.58. The molecule has 0 saturated heterocycles. The number of phenolic OH excluding ortho intramolecular Hbond substituents is 1. The summed E-state index contributed by atoms with van der Waals surface area (Å²) in [4.78, 5) is 0. The Balaban J connectivity index is 1.97. The summed E-state index contributed by atoms with van der Waals surface area (Å²) in [5.41, 5.74) is 2.24. The molecule has 0 atom stereocenters. The van der Waals surface area contributed by atoms with Gasteiger partial charge in [0.1, 0.15) is 0 Å². The van der Waals surface area contributed by atoms with Gasteiger partial charge in [0.2, 0.25) is 0 Å². The van der Waals surface area contributed by atoms with Crippen LogP contribution < -0.4 is 14.2 Å². The molecule has 0 radical (unpaired) electrons. The molecule has 0 aliphatic rings. The lowest BCUT2D eigenvalue weighted by Gasteiger charge is -2.08. The Labute approximate surface area is 136 Å². The van der Waals surface area contributed by atoms with Crippen molar-refractivity contribution >= 4 is 0 Å². The first-order valence-corrected chi connectivity index (χ1v) is 7.39. The summed E-state index contributed by atoms with van der Waals surface area (Å²) >= 11 is 0. The van der Waals surface area contributed by atoms with E-state index in [0.29, 0.717) is 5.75 Å². The molecule has 4 heteroatoms. The van der Waals surface area contributed by atoms with Gasteiger partial charge in [0.25, 0.3) is 0 Å². The first-order chi connectivity index (χ1) is 11.2. The molecule has 0 spiro atoms. The van der Waals surface area contributed by atoms with E-state index in [2.05, 4.69) is 12.2 Å². The second-order valence-electron chi connectivity index (χ2n) is 5.08. The van der Waals surface area contributed by atoms with Gasteiger partial charge in [-0.2, -0.15) is 0 Å². The van der Waals surface area contributed by atoms with Crippen molar-refractivity contribution in [3.8, 4) is 23.0 Å². The van der Waals surface area contributed by atoms with Crippen molar-refractivity contribution in [2.24, 2.45) is 0 Å². The van der Waals surface area contributed by atoms with Crippen LogP contribution in [0.3, 0.4) is 0 Å². The Morgan fingerprint density at radius 1 is 0.739 bits per heavy atom. The Hall–Kier alpha value is -2.62. The van der Waals surface area contributed by atoms with Crippen molar-refractivity contribution in [2.75, 3.05) is 21.3 Å². The van der Waals surface area contributed by atoms with Crippen LogP contribution in [0.1, 0.15) is 11.1 Å². The van der Waals surface area contributed by atoms with E-state index in [-0.39, 0.29) is 5.75 Å². The summed E-state index contributed by atoms with van der Waals surface area (Å²) in [5, 5.41) is 9.58. The monoisotopic (exact) mass is 314 g/mol. The molecule has 0 amide bonds. The zero-order chi connectivity index (χ0) is 16.7. The highest BCUT2D eigenvalue weighted by Crippen LogP contribution is 2.28. The number of hydrogen-bond acceptors (Lipinski definition) is 4. The van der Waals surface area contributed by atoms with Gasteiger partial charge >= 0.3 is 0 Å². The highest BCUT2D eigenvalue weighted by molar-refractivity contribution is 5.44. The SMILES string of the molecule is COc1cc(C/C=C\Cc2ccc(OC)c(OC)c2)ccc1O. The molecule has 0 aliphatic heterocycles. The highest BCUT2D eigenvalue weighted by atomic mass is 16.5. The van der Waals surface area contributed by atoms with Crippen molar-refractivity contribution in [2.45, 2.75) is 12.8 Å². The van der Waals surface area contributed by atoms with E-state index in [1.807, 2.05) is 30.3 Å². The predicted molar refractivity (Wildman–Crippen MR) is 90.8 cm³/mol. The summed E-state index contributed by atoms with van der Waals surface area (Å²) in [5.74, 6) is 2.12. The molecule has 0 bridgehead atoms. The van der Waals surface area contributed by atoms with Crippen LogP contribution in [0.4, 0.5) is 0 Å². The van der Waals surface area contributed by atoms with E-state index in [4.69, 9.17) is 14.2 Å². The average Bonchev–Trinajstić information content (AvgIpc) is 2.59. The van der Waals surface area contributed by atoms with E-state index in [1.54, 1.807) is 27.4 Å². The van der Waals surface area contributed by atoms with E-state index in [1.165, 1.54) is 0 Å². The number of allylic oxidation sites excluding steroid dienone is 2. The lowest BCUT2D eigenvalue weighted by Crippen LogP contribution is -1.92. The van der Waals surface area contributed by atoms with Crippen LogP contribution in [0.15, 0.2) is 48.6 Å². The lowest BCUT2D eigenvalue weighted by atomic mass is 10.1. The zero-order valence-corrected chi connectivity index (χ0v) is 13.7. The Bertz CT molecular complexity index is 677. The van der Waals surface area contributed by atoms with Gasteiger partial charge in [-0.3, -0.25) is 0 Å². The number of aromatic hydroxyl groups is 1. The molecule has 0 fully saturated rings. The molecule has 1 N–H and O–H groups in total. The van der Waals surface area contributed by atoms with Crippen molar-refractivity contribution in [1.29, 1.82) is 0 Å². The minimum absolute atomic E-state index is 0.158. The first-order valence-electron chi connectivity index (χ1n) is 7.39. The van der Waals surface area contributed by atoms with E-state index in [0.717, 1.165) is 35.5 Å². The van der Waals surface area contributed by atoms with Gasteiger partial charge in [-0.15, -0.1) is 0 Å². The van der Waals surface area contributed by atoms with Crippen LogP contribution >= 0.6 is 0 Å². The summed E-state index contributed by atoms with van der Waals surface area (Å²) < 4.78 is 15.6. The topological polar surface area (TPSA) is 47.9 Å². The smallest absolute Gasteiger partial charge is 0.160 e. The number of benzene rings is 2. The summed E-state index contributed by atoms with van der Waals surface area (Å²) in [6, 6.07) is 11.3. The minimum atomic E-state index is 0.158. The van der Waals surface area contributed by atoms with Crippen molar-refractivity contribution < 1.29 is 19.3 Å². The van der Waals surface area contributed by atoms with Gasteiger partial charge in [0.15, 0.2) is 23.0 Å². The third kappa shape index (κ3) is 4.42. The zero-order valence-electron chi connectivity index (χ0n) is 13.7. The quantitative estimate of drug-likeness (QED) is 0.791. The Morgan fingerprint density at radius 2 is 1.26 bits per heavy atom. The van der Waals surface area contributed by atoms with Crippen LogP contribution in [0.5, 0.6) is 23.0 Å². The second kappa shape index (κ2) is 8.13. The number of hydrogen-bond donors (Lipinski definition) is 1. The highest BCUT2D eigenvalue weighted by Gasteiger charge is 2.04. The van der Waals surface area contributed by atoms with Crippen molar-refractivity contribution in [3.63, 3.8) is 0 Å². The Kier molecular flexibility index (Phi) is 5.92. The van der Waals surface area contributed by atoms with Gasteiger partial charge in [-0.25, -0.2) is 0 Å². The number of rotatable bonds is 7. The van der Waals surface area contributed by atoms with E-state index in [9.17, 15) is 5.11 Å². The second-order valence-corrected chi connectivity index (χ2v) is 5.08. The van der Waals surface area contributed by atoms with Gasteiger partial charge in [-0.05, 0) is 48.2 Å². The maximum Gasteiger partial charge on any atom is 0.160 e. The van der Waals surface area contributed by atoms with Crippen LogP contribution in [-0.4, -0.2) is 26.4 Å². The molecule has 0 aromatic heterocycles. The fourth-order valence-electron chi connectivity index (χ4n) is 2.30. The minimum Gasteiger partial charge on any atom is -0.504 e. The molecule has 23 heavy (non-hydrogen) atoms. The normalized spacial score (nSPS) is 10.7. The molecular formula is C19H22O4. The first kappa shape index (κ1) is 16.7. The molecule has 2 aromatic rings. The molecule has 0 saturated carbocycles. The van der Waals surface area contributed by atoms with Crippen LogP contribution in [0, 0.1) is 0 Å². The molecule has 2 aromatic carbocycles. The van der Waals surface area contributed by atoms with Crippen LogP contribution in [0.25, 0.3) is 0 Å². The van der Waals surface area contributed by atoms with Crippen molar-refractivity contribution in [3.05, 3.63) is 59.7 Å². The van der Waals surface area contributed by atoms with Gasteiger partial charge in [0, 0.05) is 0 Å². The Morgan fingerprint density at radius 3 is 1.83 bits per heavy atom. The van der Waals surface area contributed by atoms with Gasteiger partial charge in [-0.1, -0.05) is 24.3 Å². The predicted octanol–water partition coefficient (Wildman–Crippen LogP) is 3.76.